The van der Waals surface area contributed by atoms with Gasteiger partial charge in [-0.25, -0.2) is 0 Å². The van der Waals surface area contributed by atoms with Gasteiger partial charge < -0.3 is 10.6 Å². The van der Waals surface area contributed by atoms with Gasteiger partial charge in [0, 0.05) is 24.8 Å². The van der Waals surface area contributed by atoms with E-state index < -0.39 is 0 Å². The van der Waals surface area contributed by atoms with Crippen molar-refractivity contribution >= 4 is 11.6 Å². The van der Waals surface area contributed by atoms with Gasteiger partial charge in [-0.1, -0.05) is 6.07 Å². The first kappa shape index (κ1) is 11.7. The number of carbonyl (C=O) groups is 1. The van der Waals surface area contributed by atoms with E-state index in [0.29, 0.717) is 6.54 Å². The molecule has 1 aliphatic heterocycles. The number of hydrogen-bond acceptors (Lipinski definition) is 3. The highest BCUT2D eigenvalue weighted by atomic mass is 16.1. The summed E-state index contributed by atoms with van der Waals surface area (Å²) in [5.74, 6) is 0.00879. The quantitative estimate of drug-likeness (QED) is 0.841. The lowest BCUT2D eigenvalue weighted by atomic mass is 10.1. The zero-order valence-electron chi connectivity index (χ0n) is 10.7. The molecule has 1 amide bonds. The molecule has 1 saturated carbocycles. The minimum absolute atomic E-state index is 0.00879. The van der Waals surface area contributed by atoms with Crippen molar-refractivity contribution in [1.29, 1.82) is 0 Å². The second-order valence-electron chi connectivity index (χ2n) is 5.20. The first-order valence-electron chi connectivity index (χ1n) is 6.56. The number of nitrogens with one attached hydrogen (secondary N) is 2. The fourth-order valence-electron chi connectivity index (χ4n) is 2.56. The molecule has 2 N–H and O–H groups in total. The summed E-state index contributed by atoms with van der Waals surface area (Å²) in [4.78, 5) is 14.0. The highest BCUT2D eigenvalue weighted by Gasteiger charge is 2.32. The maximum absolute atomic E-state index is 11.5. The topological polar surface area (TPSA) is 44.4 Å². The molecule has 0 saturated heterocycles. The Kier molecular flexibility index (Phi) is 3.06. The second kappa shape index (κ2) is 4.71. The molecule has 0 spiro atoms. The lowest BCUT2D eigenvalue weighted by molar-refractivity contribution is -0.115. The van der Waals surface area contributed by atoms with Crippen molar-refractivity contribution in [3.05, 3.63) is 29.3 Å². The molecule has 0 atom stereocenters. The Morgan fingerprint density at radius 1 is 1.33 bits per heavy atom. The summed E-state index contributed by atoms with van der Waals surface area (Å²) in [5, 5.41) is 5.76. The van der Waals surface area contributed by atoms with Gasteiger partial charge in [-0.3, -0.25) is 9.69 Å². The molecule has 1 aromatic carbocycles. The van der Waals surface area contributed by atoms with Gasteiger partial charge in [0.25, 0.3) is 0 Å². The van der Waals surface area contributed by atoms with Gasteiger partial charge in [-0.15, -0.1) is 0 Å². The van der Waals surface area contributed by atoms with Crippen LogP contribution in [0.15, 0.2) is 18.2 Å². The van der Waals surface area contributed by atoms with Gasteiger partial charge in [-0.2, -0.15) is 0 Å². The van der Waals surface area contributed by atoms with E-state index >= 15 is 0 Å². The maximum atomic E-state index is 11.5. The van der Waals surface area contributed by atoms with Crippen molar-refractivity contribution in [2.24, 2.45) is 0 Å². The number of amides is 1. The largest absolute Gasteiger partial charge is 0.325 e. The van der Waals surface area contributed by atoms with E-state index in [4.69, 9.17) is 0 Å². The van der Waals surface area contributed by atoms with Crippen LogP contribution in [0.2, 0.25) is 0 Å². The van der Waals surface area contributed by atoms with Crippen LogP contribution in [-0.4, -0.2) is 30.4 Å². The molecule has 0 unspecified atom stereocenters. The van der Waals surface area contributed by atoms with Gasteiger partial charge in [-0.05, 0) is 43.1 Å². The van der Waals surface area contributed by atoms with Crippen molar-refractivity contribution < 1.29 is 4.79 Å². The number of likely N-dealkylation sites (N-methyl/N-ethyl adjacent to an activating group) is 1. The minimum atomic E-state index is 0.00879. The number of carbonyl (C=O) groups excluding carboxylic acids is 1. The van der Waals surface area contributed by atoms with Crippen molar-refractivity contribution in [2.45, 2.75) is 32.0 Å². The third-order valence-corrected chi connectivity index (χ3v) is 3.64. The van der Waals surface area contributed by atoms with E-state index in [9.17, 15) is 4.79 Å². The van der Waals surface area contributed by atoms with Crippen LogP contribution in [0, 0.1) is 0 Å². The van der Waals surface area contributed by atoms with E-state index in [2.05, 4.69) is 27.7 Å². The number of anilines is 1. The molecule has 1 aliphatic carbocycles. The van der Waals surface area contributed by atoms with Crippen LogP contribution in [0.4, 0.5) is 5.69 Å². The van der Waals surface area contributed by atoms with Gasteiger partial charge in [0.05, 0.1) is 6.54 Å². The number of fused-ring (bicyclic) bond motifs is 1. The average molecular weight is 245 g/mol. The first-order valence-corrected chi connectivity index (χ1v) is 6.56. The molecule has 0 radical (unpaired) electrons. The third kappa shape index (κ3) is 2.40. The molecule has 18 heavy (non-hydrogen) atoms. The zero-order valence-corrected chi connectivity index (χ0v) is 10.7. The second-order valence-corrected chi connectivity index (χ2v) is 5.20. The Balaban J connectivity index is 1.68. The predicted molar refractivity (Wildman–Crippen MR) is 71.3 cm³/mol. The monoisotopic (exact) mass is 245 g/mol. The zero-order chi connectivity index (χ0) is 12.5. The first-order chi connectivity index (χ1) is 8.76. The van der Waals surface area contributed by atoms with Crippen LogP contribution in [0.3, 0.4) is 0 Å². The summed E-state index contributed by atoms with van der Waals surface area (Å²) in [7, 11) is 1.77. The van der Waals surface area contributed by atoms with Crippen LogP contribution < -0.4 is 10.6 Å². The Morgan fingerprint density at radius 3 is 2.83 bits per heavy atom. The summed E-state index contributed by atoms with van der Waals surface area (Å²) in [6, 6.07) is 7.07. The molecule has 1 fully saturated rings. The van der Waals surface area contributed by atoms with Gasteiger partial charge >= 0.3 is 0 Å². The van der Waals surface area contributed by atoms with Crippen molar-refractivity contribution in [1.82, 2.24) is 10.2 Å². The number of hydrogen-bond donors (Lipinski definition) is 2. The predicted octanol–water partition coefficient (Wildman–Crippen LogP) is 1.32. The Morgan fingerprint density at radius 2 is 2.11 bits per heavy atom. The summed E-state index contributed by atoms with van der Waals surface area (Å²) < 4.78 is 0. The fraction of sp³-hybridized carbons (Fsp3) is 0.500. The SMILES string of the molecule is CNCC(=O)Nc1ccc2c(c1)CN(C1CC1)C2. The van der Waals surface area contributed by atoms with Crippen LogP contribution >= 0.6 is 0 Å². The van der Waals surface area contributed by atoms with Crippen molar-refractivity contribution in [2.75, 3.05) is 18.9 Å². The molecular formula is C14H19N3O. The molecule has 96 valence electrons. The Labute approximate surface area is 107 Å². The molecule has 4 nitrogen and oxygen atoms in total. The number of nitrogens with zero attached hydrogens (tertiary/aromatic N) is 1. The van der Waals surface area contributed by atoms with Crippen molar-refractivity contribution in [3.8, 4) is 0 Å². The minimum Gasteiger partial charge on any atom is -0.325 e. The smallest absolute Gasteiger partial charge is 0.238 e. The molecule has 1 aromatic rings. The van der Waals surface area contributed by atoms with E-state index in [0.717, 1.165) is 24.8 Å². The Hall–Kier alpha value is -1.39. The highest BCUT2D eigenvalue weighted by molar-refractivity contribution is 5.92. The van der Waals surface area contributed by atoms with E-state index in [-0.39, 0.29) is 5.91 Å². The number of benzene rings is 1. The third-order valence-electron chi connectivity index (χ3n) is 3.64. The fourth-order valence-corrected chi connectivity index (χ4v) is 2.56. The van der Waals surface area contributed by atoms with Crippen LogP contribution in [0.1, 0.15) is 24.0 Å². The molecule has 3 rings (SSSR count). The van der Waals surface area contributed by atoms with Gasteiger partial charge in [0.15, 0.2) is 0 Å². The average Bonchev–Trinajstić information content (AvgIpc) is 3.10. The van der Waals surface area contributed by atoms with E-state index in [1.807, 2.05) is 6.07 Å². The van der Waals surface area contributed by atoms with Gasteiger partial charge in [0.2, 0.25) is 5.91 Å². The normalized spacial score (nSPS) is 18.7. The highest BCUT2D eigenvalue weighted by Crippen LogP contribution is 2.35. The lowest BCUT2D eigenvalue weighted by Crippen LogP contribution is -2.25. The van der Waals surface area contributed by atoms with E-state index in [1.165, 1.54) is 24.0 Å². The molecule has 0 aromatic heterocycles. The van der Waals surface area contributed by atoms with E-state index in [1.54, 1.807) is 7.05 Å². The van der Waals surface area contributed by atoms with Crippen LogP contribution in [-0.2, 0) is 17.9 Å². The maximum Gasteiger partial charge on any atom is 0.238 e. The molecular weight excluding hydrogens is 226 g/mol. The molecule has 2 aliphatic rings. The summed E-state index contributed by atoms with van der Waals surface area (Å²) in [5.41, 5.74) is 3.68. The summed E-state index contributed by atoms with van der Waals surface area (Å²) >= 11 is 0. The summed E-state index contributed by atoms with van der Waals surface area (Å²) in [6.07, 6.45) is 2.69. The molecule has 0 bridgehead atoms. The standard InChI is InChI=1S/C14H19N3O/c1-15-7-14(18)16-12-3-2-10-8-17(13-4-5-13)9-11(10)6-12/h2-3,6,13,15H,4-5,7-9H2,1H3,(H,16,18). The van der Waals surface area contributed by atoms with Crippen LogP contribution in [0.25, 0.3) is 0 Å². The van der Waals surface area contributed by atoms with Crippen LogP contribution in [0.5, 0.6) is 0 Å². The molecule has 1 heterocycles. The lowest BCUT2D eigenvalue weighted by Gasteiger charge is -2.12. The number of rotatable bonds is 4. The Bertz CT molecular complexity index is 468. The van der Waals surface area contributed by atoms with Gasteiger partial charge in [0.1, 0.15) is 0 Å². The van der Waals surface area contributed by atoms with Crippen molar-refractivity contribution in [3.63, 3.8) is 0 Å². The summed E-state index contributed by atoms with van der Waals surface area (Å²) in [6.45, 7) is 2.46. The molecule has 4 heteroatoms.